The van der Waals surface area contributed by atoms with Crippen LogP contribution in [0.25, 0.3) is 0 Å². The van der Waals surface area contributed by atoms with Crippen LogP contribution in [0.4, 0.5) is 0 Å². The second kappa shape index (κ2) is 5.34. The Bertz CT molecular complexity index is 301. The Kier molecular flexibility index (Phi) is 4.01. The van der Waals surface area contributed by atoms with E-state index < -0.39 is 0 Å². The van der Waals surface area contributed by atoms with Gasteiger partial charge in [0.2, 0.25) is 0 Å². The van der Waals surface area contributed by atoms with E-state index in [1.165, 1.54) is 5.56 Å². The van der Waals surface area contributed by atoms with Gasteiger partial charge in [0.1, 0.15) is 0 Å². The van der Waals surface area contributed by atoms with Gasteiger partial charge in [0, 0.05) is 6.61 Å². The fourth-order valence-corrected chi connectivity index (χ4v) is 1.27. The number of nitriles is 1. The van der Waals surface area contributed by atoms with Crippen molar-refractivity contribution in [2.45, 2.75) is 19.3 Å². The third-order valence-electron chi connectivity index (χ3n) is 1.90. The van der Waals surface area contributed by atoms with E-state index in [9.17, 15) is 0 Å². The van der Waals surface area contributed by atoms with E-state index >= 15 is 0 Å². The van der Waals surface area contributed by atoms with Crippen LogP contribution >= 0.6 is 0 Å². The predicted octanol–water partition coefficient (Wildman–Crippen LogP) is 1.68. The zero-order valence-electron chi connectivity index (χ0n) is 7.53. The van der Waals surface area contributed by atoms with Crippen LogP contribution in [0.1, 0.15) is 17.5 Å². The molecule has 1 aromatic rings. The molecular formula is C11H13NO. The van der Waals surface area contributed by atoms with Gasteiger partial charge in [-0.25, -0.2) is 0 Å². The van der Waals surface area contributed by atoms with E-state index in [1.54, 1.807) is 0 Å². The molecule has 0 atom stereocenters. The minimum absolute atomic E-state index is 0.225. The van der Waals surface area contributed by atoms with Gasteiger partial charge in [0.05, 0.1) is 12.5 Å². The van der Waals surface area contributed by atoms with E-state index in [0.717, 1.165) is 18.4 Å². The first kappa shape index (κ1) is 9.76. The van der Waals surface area contributed by atoms with Crippen molar-refractivity contribution in [3.05, 3.63) is 35.4 Å². The van der Waals surface area contributed by atoms with Crippen LogP contribution < -0.4 is 0 Å². The molecule has 1 aromatic carbocycles. The van der Waals surface area contributed by atoms with Crippen LogP contribution in [0.3, 0.4) is 0 Å². The van der Waals surface area contributed by atoms with Gasteiger partial charge in [-0.3, -0.25) is 0 Å². The lowest BCUT2D eigenvalue weighted by atomic mass is 10.1. The van der Waals surface area contributed by atoms with E-state index in [4.69, 9.17) is 10.4 Å². The summed E-state index contributed by atoms with van der Waals surface area (Å²) in [6.45, 7) is 0.225. The Morgan fingerprint density at radius 3 is 2.77 bits per heavy atom. The lowest BCUT2D eigenvalue weighted by molar-refractivity contribution is 0.288. The monoisotopic (exact) mass is 175 g/mol. The minimum atomic E-state index is 0.225. The van der Waals surface area contributed by atoms with Gasteiger partial charge in [-0.05, 0) is 24.0 Å². The summed E-state index contributed by atoms with van der Waals surface area (Å²) < 4.78 is 0. The number of benzene rings is 1. The molecule has 1 rings (SSSR count). The zero-order valence-corrected chi connectivity index (χ0v) is 7.53. The highest BCUT2D eigenvalue weighted by atomic mass is 16.2. The maximum atomic E-state index is 8.65. The van der Waals surface area contributed by atoms with E-state index in [2.05, 4.69) is 6.07 Å². The summed E-state index contributed by atoms with van der Waals surface area (Å²) in [6.07, 6.45) is 2.14. The molecule has 2 heteroatoms. The maximum absolute atomic E-state index is 8.65. The fraction of sp³-hybridized carbons (Fsp3) is 0.364. The fourth-order valence-electron chi connectivity index (χ4n) is 1.27. The van der Waals surface area contributed by atoms with Gasteiger partial charge in [0.25, 0.3) is 0 Å². The molecule has 0 saturated carbocycles. The highest BCUT2D eigenvalue weighted by Gasteiger charge is 1.95. The molecule has 0 unspecified atom stereocenters. The number of aliphatic hydroxyl groups excluding tert-OH is 1. The van der Waals surface area contributed by atoms with Crippen LogP contribution in [0.2, 0.25) is 0 Å². The number of rotatable bonds is 4. The van der Waals surface area contributed by atoms with E-state index in [0.29, 0.717) is 6.42 Å². The SMILES string of the molecule is N#CCc1cccc(CCCO)c1. The molecule has 0 saturated heterocycles. The maximum Gasteiger partial charge on any atom is 0.0669 e. The van der Waals surface area contributed by atoms with E-state index in [-0.39, 0.29) is 6.61 Å². The molecule has 0 aliphatic heterocycles. The van der Waals surface area contributed by atoms with Crippen molar-refractivity contribution in [3.8, 4) is 6.07 Å². The number of aryl methyl sites for hydroxylation is 1. The molecule has 0 radical (unpaired) electrons. The Morgan fingerprint density at radius 1 is 1.31 bits per heavy atom. The van der Waals surface area contributed by atoms with Crippen LogP contribution in [0.5, 0.6) is 0 Å². The van der Waals surface area contributed by atoms with Crippen molar-refractivity contribution in [3.63, 3.8) is 0 Å². The Hall–Kier alpha value is -1.33. The average Bonchev–Trinajstić information content (AvgIpc) is 2.16. The molecule has 13 heavy (non-hydrogen) atoms. The lowest BCUT2D eigenvalue weighted by Gasteiger charge is -2.00. The molecular weight excluding hydrogens is 162 g/mol. The summed E-state index contributed by atoms with van der Waals surface area (Å²) in [5, 5.41) is 17.1. The molecule has 68 valence electrons. The summed E-state index contributed by atoms with van der Waals surface area (Å²) in [5.74, 6) is 0. The highest BCUT2D eigenvalue weighted by molar-refractivity contribution is 5.25. The lowest BCUT2D eigenvalue weighted by Crippen LogP contribution is -1.91. The smallest absolute Gasteiger partial charge is 0.0669 e. The largest absolute Gasteiger partial charge is 0.396 e. The van der Waals surface area contributed by atoms with Crippen molar-refractivity contribution in [1.29, 1.82) is 5.26 Å². The molecule has 0 aliphatic rings. The highest BCUT2D eigenvalue weighted by Crippen LogP contribution is 2.07. The summed E-state index contributed by atoms with van der Waals surface area (Å²) in [5.41, 5.74) is 2.25. The van der Waals surface area contributed by atoms with Crippen molar-refractivity contribution in [1.82, 2.24) is 0 Å². The molecule has 0 amide bonds. The Balaban J connectivity index is 2.63. The third-order valence-corrected chi connectivity index (χ3v) is 1.90. The normalized spacial score (nSPS) is 9.54. The number of nitrogens with zero attached hydrogens (tertiary/aromatic N) is 1. The molecule has 0 bridgehead atoms. The van der Waals surface area contributed by atoms with Crippen molar-refractivity contribution in [2.24, 2.45) is 0 Å². The molecule has 0 aromatic heterocycles. The molecule has 0 aliphatic carbocycles. The second-order valence-electron chi connectivity index (χ2n) is 2.98. The quantitative estimate of drug-likeness (QED) is 0.756. The van der Waals surface area contributed by atoms with Crippen molar-refractivity contribution < 1.29 is 5.11 Å². The van der Waals surface area contributed by atoms with Gasteiger partial charge in [-0.1, -0.05) is 24.3 Å². The number of hydrogen-bond acceptors (Lipinski definition) is 2. The molecule has 0 heterocycles. The summed E-state index contributed by atoms with van der Waals surface area (Å²) in [6, 6.07) is 10.1. The minimum Gasteiger partial charge on any atom is -0.396 e. The summed E-state index contributed by atoms with van der Waals surface area (Å²) >= 11 is 0. The van der Waals surface area contributed by atoms with Gasteiger partial charge in [-0.15, -0.1) is 0 Å². The third kappa shape index (κ3) is 3.27. The van der Waals surface area contributed by atoms with Crippen LogP contribution in [-0.4, -0.2) is 11.7 Å². The predicted molar refractivity (Wildman–Crippen MR) is 51.2 cm³/mol. The van der Waals surface area contributed by atoms with Crippen LogP contribution in [0.15, 0.2) is 24.3 Å². The number of aliphatic hydroxyl groups is 1. The van der Waals surface area contributed by atoms with Crippen molar-refractivity contribution >= 4 is 0 Å². The summed E-state index contributed by atoms with van der Waals surface area (Å²) in [4.78, 5) is 0. The number of hydrogen-bond donors (Lipinski definition) is 1. The van der Waals surface area contributed by atoms with Crippen LogP contribution in [0, 0.1) is 11.3 Å². The average molecular weight is 175 g/mol. The standard InChI is InChI=1S/C11H13NO/c12-7-6-11-4-1-3-10(9-11)5-2-8-13/h1,3-4,9,13H,2,5-6,8H2. The zero-order chi connectivity index (χ0) is 9.52. The van der Waals surface area contributed by atoms with Gasteiger partial charge >= 0.3 is 0 Å². The first-order chi connectivity index (χ1) is 6.36. The molecule has 0 spiro atoms. The molecule has 1 N–H and O–H groups in total. The second-order valence-corrected chi connectivity index (χ2v) is 2.98. The Morgan fingerprint density at radius 2 is 2.08 bits per heavy atom. The molecule has 0 fully saturated rings. The first-order valence-electron chi connectivity index (χ1n) is 4.42. The summed E-state index contributed by atoms with van der Waals surface area (Å²) in [7, 11) is 0. The Labute approximate surface area is 78.4 Å². The first-order valence-corrected chi connectivity index (χ1v) is 4.42. The topological polar surface area (TPSA) is 44.0 Å². The van der Waals surface area contributed by atoms with Gasteiger partial charge in [0.15, 0.2) is 0 Å². The van der Waals surface area contributed by atoms with Crippen LogP contribution in [-0.2, 0) is 12.8 Å². The van der Waals surface area contributed by atoms with Crippen molar-refractivity contribution in [2.75, 3.05) is 6.61 Å². The molecule has 2 nitrogen and oxygen atoms in total. The van der Waals surface area contributed by atoms with E-state index in [1.807, 2.05) is 24.3 Å². The van der Waals surface area contributed by atoms with Gasteiger partial charge < -0.3 is 5.11 Å². The van der Waals surface area contributed by atoms with Gasteiger partial charge in [-0.2, -0.15) is 5.26 Å².